The quantitative estimate of drug-likeness (QED) is 0.397. The molecule has 0 bridgehead atoms. The number of carboxylic acid groups (broad SMARTS) is 1. The van der Waals surface area contributed by atoms with Crippen LogP contribution in [-0.2, 0) is 16.1 Å². The van der Waals surface area contributed by atoms with E-state index in [0.29, 0.717) is 12.2 Å². The molecule has 0 saturated heterocycles. The number of nitrogens with zero attached hydrogens (tertiary/aromatic N) is 4. The van der Waals surface area contributed by atoms with Crippen molar-refractivity contribution < 1.29 is 14.7 Å². The summed E-state index contributed by atoms with van der Waals surface area (Å²) < 4.78 is 0.795. The number of nitrogens with one attached hydrogen (secondary N) is 1. The number of tetrazole rings is 1. The number of hydrogen-bond acceptors (Lipinski definition) is 5. The summed E-state index contributed by atoms with van der Waals surface area (Å²) in [5.41, 5.74) is 3.56. The van der Waals surface area contributed by atoms with Gasteiger partial charge in [-0.2, -0.15) is 5.21 Å². The van der Waals surface area contributed by atoms with E-state index in [0.717, 1.165) is 39.6 Å². The minimum atomic E-state index is -0.989. The van der Waals surface area contributed by atoms with Gasteiger partial charge in [-0.05, 0) is 40.3 Å². The Morgan fingerprint density at radius 2 is 1.88 bits per heavy atom. The Hall–Kier alpha value is -3.07. The maximum absolute atomic E-state index is 13.0. The maximum atomic E-state index is 13.0. The lowest BCUT2D eigenvalue weighted by atomic mass is 9.97. The number of aromatic amines is 1. The molecule has 8 nitrogen and oxygen atoms in total. The highest BCUT2D eigenvalue weighted by molar-refractivity contribution is 9.10. The molecule has 1 aromatic heterocycles. The summed E-state index contributed by atoms with van der Waals surface area (Å²) in [5, 5.41) is 24.1. The number of carboxylic acids is 1. The zero-order valence-corrected chi connectivity index (χ0v) is 20.5. The zero-order chi connectivity index (χ0) is 24.0. The van der Waals surface area contributed by atoms with Crippen LogP contribution in [0, 0.1) is 5.92 Å². The summed E-state index contributed by atoms with van der Waals surface area (Å²) >= 11 is 3.64. The smallest absolute Gasteiger partial charge is 0.326 e. The van der Waals surface area contributed by atoms with Gasteiger partial charge in [0.25, 0.3) is 0 Å². The summed E-state index contributed by atoms with van der Waals surface area (Å²) in [4.78, 5) is 26.5. The first-order valence-corrected chi connectivity index (χ1v) is 11.8. The minimum absolute atomic E-state index is 0.142. The number of amides is 1. The monoisotopic (exact) mass is 513 g/mol. The number of aliphatic carboxylic acids is 1. The summed E-state index contributed by atoms with van der Waals surface area (Å²) in [7, 11) is 0. The van der Waals surface area contributed by atoms with Crippen molar-refractivity contribution in [2.75, 3.05) is 0 Å². The van der Waals surface area contributed by atoms with E-state index >= 15 is 0 Å². The van der Waals surface area contributed by atoms with Gasteiger partial charge in [0.1, 0.15) is 6.04 Å². The molecule has 0 aliphatic carbocycles. The SMILES string of the molecule is CCCCC(=O)N(Cc1ccc(-c2ccccc2-c2nn[nH]n2)cc1Br)[C@H](C(=O)O)C(C)C. The first-order chi connectivity index (χ1) is 15.8. The number of aromatic nitrogens is 4. The molecular formula is C24H28BrN5O3. The zero-order valence-electron chi connectivity index (χ0n) is 19.0. The second-order valence-corrected chi connectivity index (χ2v) is 9.09. The number of halogens is 1. The number of hydrogen-bond donors (Lipinski definition) is 2. The highest BCUT2D eigenvalue weighted by atomic mass is 79.9. The molecular weight excluding hydrogens is 486 g/mol. The van der Waals surface area contributed by atoms with E-state index in [4.69, 9.17) is 0 Å². The van der Waals surface area contributed by atoms with Crippen LogP contribution >= 0.6 is 15.9 Å². The summed E-state index contributed by atoms with van der Waals surface area (Å²) in [5.74, 6) is -0.847. The van der Waals surface area contributed by atoms with E-state index in [-0.39, 0.29) is 18.4 Å². The van der Waals surface area contributed by atoms with Crippen molar-refractivity contribution in [1.29, 1.82) is 0 Å². The van der Waals surface area contributed by atoms with Crippen LogP contribution in [-0.4, -0.2) is 48.5 Å². The molecule has 0 unspecified atom stereocenters. The lowest BCUT2D eigenvalue weighted by Crippen LogP contribution is -2.47. The van der Waals surface area contributed by atoms with Crippen molar-refractivity contribution in [3.8, 4) is 22.5 Å². The van der Waals surface area contributed by atoms with Gasteiger partial charge in [0.15, 0.2) is 0 Å². The Balaban J connectivity index is 1.94. The van der Waals surface area contributed by atoms with Crippen molar-refractivity contribution in [3.63, 3.8) is 0 Å². The summed E-state index contributed by atoms with van der Waals surface area (Å²) in [6, 6.07) is 12.7. The van der Waals surface area contributed by atoms with Gasteiger partial charge in [0.05, 0.1) is 0 Å². The molecule has 0 aliphatic heterocycles. The molecule has 3 aromatic rings. The number of unbranched alkanes of at least 4 members (excludes halogenated alkanes) is 1. The molecule has 2 N–H and O–H groups in total. The predicted octanol–water partition coefficient (Wildman–Crippen LogP) is 4.92. The molecule has 1 atom stereocenters. The summed E-state index contributed by atoms with van der Waals surface area (Å²) in [6.07, 6.45) is 1.94. The Bertz CT molecular complexity index is 1100. The molecule has 0 fully saturated rings. The van der Waals surface area contributed by atoms with Crippen LogP contribution in [0.4, 0.5) is 0 Å². The van der Waals surface area contributed by atoms with Crippen LogP contribution in [0.3, 0.4) is 0 Å². The van der Waals surface area contributed by atoms with Crippen molar-refractivity contribution in [1.82, 2.24) is 25.5 Å². The van der Waals surface area contributed by atoms with Crippen molar-refractivity contribution in [2.45, 2.75) is 52.6 Å². The highest BCUT2D eigenvalue weighted by Crippen LogP contribution is 2.33. The predicted molar refractivity (Wildman–Crippen MR) is 129 cm³/mol. The van der Waals surface area contributed by atoms with Gasteiger partial charge in [-0.15, -0.1) is 10.2 Å². The average molecular weight is 514 g/mol. The second kappa shape index (κ2) is 11.2. The van der Waals surface area contributed by atoms with Crippen molar-refractivity contribution in [2.24, 2.45) is 5.92 Å². The topological polar surface area (TPSA) is 112 Å². The van der Waals surface area contributed by atoms with E-state index in [9.17, 15) is 14.7 Å². The van der Waals surface area contributed by atoms with Gasteiger partial charge in [0, 0.05) is 23.0 Å². The Kier molecular flexibility index (Phi) is 8.32. The van der Waals surface area contributed by atoms with Gasteiger partial charge in [0.2, 0.25) is 11.7 Å². The number of H-pyrrole nitrogens is 1. The third-order valence-corrected chi connectivity index (χ3v) is 6.24. The fourth-order valence-electron chi connectivity index (χ4n) is 3.82. The van der Waals surface area contributed by atoms with Crippen LogP contribution in [0.1, 0.15) is 45.6 Å². The van der Waals surface area contributed by atoms with Crippen molar-refractivity contribution >= 4 is 27.8 Å². The molecule has 9 heteroatoms. The molecule has 3 rings (SSSR count). The lowest BCUT2D eigenvalue weighted by molar-refractivity contribution is -0.153. The van der Waals surface area contributed by atoms with Crippen LogP contribution in [0.2, 0.25) is 0 Å². The lowest BCUT2D eigenvalue weighted by Gasteiger charge is -2.32. The fourth-order valence-corrected chi connectivity index (χ4v) is 4.33. The number of rotatable bonds is 10. The number of carbonyl (C=O) groups excluding carboxylic acids is 1. The van der Waals surface area contributed by atoms with E-state index in [2.05, 4.69) is 36.6 Å². The molecule has 0 aliphatic rings. The van der Waals surface area contributed by atoms with E-state index < -0.39 is 12.0 Å². The normalized spacial score (nSPS) is 12.0. The van der Waals surface area contributed by atoms with E-state index in [1.807, 2.05) is 63.2 Å². The van der Waals surface area contributed by atoms with Crippen LogP contribution < -0.4 is 0 Å². The van der Waals surface area contributed by atoms with Crippen molar-refractivity contribution in [3.05, 3.63) is 52.5 Å². The molecule has 1 heterocycles. The Labute approximate surface area is 201 Å². The van der Waals surface area contributed by atoms with Gasteiger partial charge in [-0.25, -0.2) is 4.79 Å². The van der Waals surface area contributed by atoms with Crippen LogP contribution in [0.5, 0.6) is 0 Å². The summed E-state index contributed by atoms with van der Waals surface area (Å²) in [6.45, 7) is 5.87. The molecule has 0 spiro atoms. The minimum Gasteiger partial charge on any atom is -0.480 e. The molecule has 0 radical (unpaired) electrons. The van der Waals surface area contributed by atoms with Gasteiger partial charge in [-0.3, -0.25) is 4.79 Å². The third-order valence-electron chi connectivity index (χ3n) is 5.50. The largest absolute Gasteiger partial charge is 0.480 e. The molecule has 174 valence electrons. The second-order valence-electron chi connectivity index (χ2n) is 8.24. The van der Waals surface area contributed by atoms with Crippen LogP contribution in [0.25, 0.3) is 22.5 Å². The van der Waals surface area contributed by atoms with Gasteiger partial charge < -0.3 is 10.0 Å². The Morgan fingerprint density at radius 1 is 1.15 bits per heavy atom. The van der Waals surface area contributed by atoms with E-state index in [1.165, 1.54) is 4.90 Å². The number of benzene rings is 2. The van der Waals surface area contributed by atoms with Crippen LogP contribution in [0.15, 0.2) is 46.9 Å². The van der Waals surface area contributed by atoms with Gasteiger partial charge in [-0.1, -0.05) is 79.5 Å². The molecule has 0 saturated carbocycles. The average Bonchev–Trinajstić information content (AvgIpc) is 3.32. The molecule has 1 amide bonds. The molecule has 2 aromatic carbocycles. The van der Waals surface area contributed by atoms with E-state index in [1.54, 1.807) is 0 Å². The molecule has 33 heavy (non-hydrogen) atoms. The first-order valence-electron chi connectivity index (χ1n) is 11.0. The third kappa shape index (κ3) is 5.84. The first kappa shape index (κ1) is 24.6. The number of carbonyl (C=O) groups is 2. The standard InChI is InChI=1S/C24H28BrN5O3/c1-4-5-10-21(31)30(22(15(2)3)24(32)33)14-17-12-11-16(13-20(17)25)18-8-6-7-9-19(18)23-26-28-29-27-23/h6-9,11-13,15,22H,4-5,10,14H2,1-3H3,(H,32,33)(H,26,27,28,29)/t22-/m0/s1. The highest BCUT2D eigenvalue weighted by Gasteiger charge is 2.32. The maximum Gasteiger partial charge on any atom is 0.326 e. The fraction of sp³-hybridized carbons (Fsp3) is 0.375. The van der Waals surface area contributed by atoms with Gasteiger partial charge >= 0.3 is 5.97 Å². The Morgan fingerprint density at radius 3 is 2.45 bits per heavy atom.